The van der Waals surface area contributed by atoms with E-state index in [2.05, 4.69) is 0 Å². The molecule has 1 aromatic heterocycles. The Hall–Kier alpha value is -3.75. The number of anilines is 1. The number of aromatic nitrogens is 2. The van der Waals surface area contributed by atoms with Crippen LogP contribution in [0, 0.1) is 12.7 Å². The van der Waals surface area contributed by atoms with Crippen LogP contribution in [0.1, 0.15) is 42.1 Å². The fraction of sp³-hybridized carbons (Fsp3) is 0.321. The van der Waals surface area contributed by atoms with E-state index in [0.717, 1.165) is 11.6 Å². The zero-order valence-corrected chi connectivity index (χ0v) is 20.7. The summed E-state index contributed by atoms with van der Waals surface area (Å²) in [5.74, 6) is 0.0685. The van der Waals surface area contributed by atoms with Crippen LogP contribution >= 0.6 is 0 Å². The predicted octanol–water partition coefficient (Wildman–Crippen LogP) is 6.34. The number of aryl methyl sites for hydroxylation is 1. The highest BCUT2D eigenvalue weighted by Gasteiger charge is 2.36. The smallest absolute Gasteiger partial charge is 0.416 e. The van der Waals surface area contributed by atoms with Gasteiger partial charge in [0.2, 0.25) is 0 Å². The van der Waals surface area contributed by atoms with E-state index in [4.69, 9.17) is 4.74 Å². The topological polar surface area (TPSA) is 39.4 Å². The number of rotatable bonds is 5. The maximum atomic E-state index is 14.7. The number of ether oxygens (including phenoxy) is 1. The third-order valence-electron chi connectivity index (χ3n) is 7.25. The fourth-order valence-electron chi connectivity index (χ4n) is 5.58. The largest absolute Gasteiger partial charge is 0.494 e. The Morgan fingerprint density at radius 3 is 2.46 bits per heavy atom. The van der Waals surface area contributed by atoms with Gasteiger partial charge in [-0.25, -0.2) is 9.18 Å². The van der Waals surface area contributed by atoms with Crippen LogP contribution in [0.5, 0.6) is 5.75 Å². The number of hydrogen-bond donors (Lipinski definition) is 0. The minimum absolute atomic E-state index is 0.00270. The van der Waals surface area contributed by atoms with E-state index >= 15 is 0 Å². The van der Waals surface area contributed by atoms with Crippen LogP contribution < -0.4 is 15.3 Å². The molecule has 1 fully saturated rings. The normalized spacial score (nSPS) is 16.9. The number of para-hydroxylation sites is 2. The summed E-state index contributed by atoms with van der Waals surface area (Å²) in [6, 6.07) is 14.2. The molecule has 0 unspecified atom stereocenters. The van der Waals surface area contributed by atoms with E-state index in [1.807, 2.05) is 17.9 Å². The molecule has 0 saturated carbocycles. The van der Waals surface area contributed by atoms with Crippen molar-refractivity contribution in [2.24, 2.45) is 0 Å². The second-order valence-electron chi connectivity index (χ2n) is 9.41. The van der Waals surface area contributed by atoms with E-state index in [1.54, 1.807) is 35.8 Å². The minimum atomic E-state index is -4.57. The molecule has 5 nitrogen and oxygen atoms in total. The number of halogens is 4. The number of hydrogen-bond acceptors (Lipinski definition) is 3. The maximum Gasteiger partial charge on any atom is 0.416 e. The average molecular weight is 514 g/mol. The summed E-state index contributed by atoms with van der Waals surface area (Å²) in [5.41, 5.74) is 1.09. The minimum Gasteiger partial charge on any atom is -0.494 e. The molecule has 0 aliphatic carbocycles. The molecule has 2 atom stereocenters. The summed E-state index contributed by atoms with van der Waals surface area (Å²) >= 11 is 0. The lowest BCUT2D eigenvalue weighted by atomic mass is 10.0. The van der Waals surface area contributed by atoms with Crippen LogP contribution in [0.15, 0.2) is 65.5 Å². The van der Waals surface area contributed by atoms with Gasteiger partial charge in [-0.1, -0.05) is 36.4 Å². The van der Waals surface area contributed by atoms with Crippen molar-refractivity contribution in [3.05, 3.63) is 93.7 Å². The highest BCUT2D eigenvalue weighted by molar-refractivity contribution is 5.83. The molecule has 1 saturated heterocycles. The van der Waals surface area contributed by atoms with Crippen LogP contribution in [0.3, 0.4) is 0 Å². The summed E-state index contributed by atoms with van der Waals surface area (Å²) < 4.78 is 64.8. The Kier molecular flexibility index (Phi) is 6.25. The van der Waals surface area contributed by atoms with Crippen molar-refractivity contribution in [3.8, 4) is 5.75 Å². The molecule has 0 N–H and O–H groups in total. The fourth-order valence-corrected chi connectivity index (χ4v) is 5.58. The molecule has 3 aromatic carbocycles. The molecule has 9 heteroatoms. The zero-order chi connectivity index (χ0) is 26.5. The summed E-state index contributed by atoms with van der Waals surface area (Å²) in [6.45, 7) is 4.37. The third kappa shape index (κ3) is 4.16. The number of imidazole rings is 1. The first-order valence-corrected chi connectivity index (χ1v) is 12.1. The zero-order valence-electron chi connectivity index (χ0n) is 20.7. The van der Waals surface area contributed by atoms with Gasteiger partial charge in [-0.05, 0) is 55.7 Å². The van der Waals surface area contributed by atoms with E-state index < -0.39 is 23.5 Å². The Balaban J connectivity index is 1.66. The maximum absolute atomic E-state index is 14.7. The first-order chi connectivity index (χ1) is 17.6. The van der Waals surface area contributed by atoms with Crippen molar-refractivity contribution < 1.29 is 22.3 Å². The number of methoxy groups -OCH3 is 1. The van der Waals surface area contributed by atoms with Gasteiger partial charge in [0.15, 0.2) is 0 Å². The van der Waals surface area contributed by atoms with Gasteiger partial charge < -0.3 is 9.64 Å². The molecule has 5 rings (SSSR count). The SMILES string of the molecule is COc1cccc2c1n([C@@H](C)c1ccccc1C(F)(F)F)c(=O)n2[C@H]1CCN(c2c(C)cccc2F)C1. The molecule has 0 radical (unpaired) electrons. The van der Waals surface area contributed by atoms with Crippen molar-refractivity contribution in [1.29, 1.82) is 0 Å². The van der Waals surface area contributed by atoms with E-state index in [0.29, 0.717) is 42.0 Å². The summed E-state index contributed by atoms with van der Waals surface area (Å²) in [5, 5.41) is 0. The van der Waals surface area contributed by atoms with Gasteiger partial charge in [-0.2, -0.15) is 13.2 Å². The van der Waals surface area contributed by atoms with Crippen molar-refractivity contribution in [3.63, 3.8) is 0 Å². The number of nitrogens with zero attached hydrogens (tertiary/aromatic N) is 3. The lowest BCUT2D eigenvalue weighted by Crippen LogP contribution is -2.31. The second kappa shape index (κ2) is 9.28. The lowest BCUT2D eigenvalue weighted by Gasteiger charge is -2.22. The van der Waals surface area contributed by atoms with Gasteiger partial charge in [-0.3, -0.25) is 9.13 Å². The van der Waals surface area contributed by atoms with Crippen molar-refractivity contribution >= 4 is 16.7 Å². The Morgan fingerprint density at radius 1 is 1.03 bits per heavy atom. The van der Waals surface area contributed by atoms with E-state index in [9.17, 15) is 22.4 Å². The number of alkyl halides is 3. The Bertz CT molecular complexity index is 1500. The molecular weight excluding hydrogens is 486 g/mol. The van der Waals surface area contributed by atoms with Crippen LogP contribution in [0.25, 0.3) is 11.0 Å². The third-order valence-corrected chi connectivity index (χ3v) is 7.25. The molecule has 37 heavy (non-hydrogen) atoms. The van der Waals surface area contributed by atoms with Crippen molar-refractivity contribution in [2.75, 3.05) is 25.1 Å². The molecular formula is C28H27F4N3O2. The van der Waals surface area contributed by atoms with Crippen LogP contribution in [0.4, 0.5) is 23.2 Å². The van der Waals surface area contributed by atoms with Gasteiger partial charge in [-0.15, -0.1) is 0 Å². The lowest BCUT2D eigenvalue weighted by molar-refractivity contribution is -0.138. The average Bonchev–Trinajstić information content (AvgIpc) is 3.44. The molecule has 0 spiro atoms. The van der Waals surface area contributed by atoms with Gasteiger partial charge in [0.25, 0.3) is 0 Å². The number of benzene rings is 3. The monoisotopic (exact) mass is 513 g/mol. The summed E-state index contributed by atoms with van der Waals surface area (Å²) in [6.07, 6.45) is -3.99. The highest BCUT2D eigenvalue weighted by Crippen LogP contribution is 2.39. The number of fused-ring (bicyclic) bond motifs is 1. The molecule has 0 amide bonds. The summed E-state index contributed by atoms with van der Waals surface area (Å²) in [7, 11) is 1.47. The van der Waals surface area contributed by atoms with E-state index in [-0.39, 0.29) is 17.4 Å². The molecule has 4 aromatic rings. The first kappa shape index (κ1) is 24.9. The standard InChI is InChI=1S/C28H27F4N3O2/c1-17-8-6-11-22(29)25(17)33-15-14-19(16-33)35-23-12-7-13-24(37-3)26(23)34(27(35)36)18(2)20-9-4-5-10-21(20)28(30,31)32/h4-13,18-19H,14-16H2,1-3H3/t18-,19-/m0/s1. The second-order valence-corrected chi connectivity index (χ2v) is 9.41. The van der Waals surface area contributed by atoms with Gasteiger partial charge in [0.1, 0.15) is 17.1 Å². The van der Waals surface area contributed by atoms with Crippen molar-refractivity contribution in [2.45, 2.75) is 38.5 Å². The molecule has 1 aliphatic rings. The quantitative estimate of drug-likeness (QED) is 0.293. The molecule has 194 valence electrons. The molecule has 1 aliphatic heterocycles. The van der Waals surface area contributed by atoms with Gasteiger partial charge in [0.05, 0.1) is 36.0 Å². The van der Waals surface area contributed by atoms with Crippen LogP contribution in [0.2, 0.25) is 0 Å². The highest BCUT2D eigenvalue weighted by atomic mass is 19.4. The van der Waals surface area contributed by atoms with Crippen LogP contribution in [-0.4, -0.2) is 29.3 Å². The Labute approximate surface area is 211 Å². The first-order valence-electron chi connectivity index (χ1n) is 12.1. The molecule has 2 heterocycles. The van der Waals surface area contributed by atoms with Gasteiger partial charge in [0, 0.05) is 13.1 Å². The Morgan fingerprint density at radius 2 is 1.76 bits per heavy atom. The predicted molar refractivity (Wildman–Crippen MR) is 135 cm³/mol. The van der Waals surface area contributed by atoms with Gasteiger partial charge >= 0.3 is 11.9 Å². The van der Waals surface area contributed by atoms with Crippen LogP contribution in [-0.2, 0) is 6.18 Å². The molecule has 0 bridgehead atoms. The van der Waals surface area contributed by atoms with E-state index in [1.165, 1.54) is 35.9 Å². The van der Waals surface area contributed by atoms with Crippen molar-refractivity contribution in [1.82, 2.24) is 9.13 Å². The summed E-state index contributed by atoms with van der Waals surface area (Å²) in [4.78, 5) is 15.9.